The first-order chi connectivity index (χ1) is 9.22. The maximum atomic E-state index is 11.9. The summed E-state index contributed by atoms with van der Waals surface area (Å²) in [5, 5.41) is 13.1. The van der Waals surface area contributed by atoms with Gasteiger partial charge in [0.25, 0.3) is 0 Å². The molecule has 1 aliphatic heterocycles. The second-order valence-corrected chi connectivity index (χ2v) is 6.05. The van der Waals surface area contributed by atoms with Crippen molar-refractivity contribution in [3.63, 3.8) is 0 Å². The fraction of sp³-hybridized carbons (Fsp3) is 0.933. The molecular formula is C15H28N2O2. The van der Waals surface area contributed by atoms with Crippen molar-refractivity contribution in [3.8, 4) is 0 Å². The lowest BCUT2D eigenvalue weighted by Gasteiger charge is -2.40. The van der Waals surface area contributed by atoms with Crippen LogP contribution in [0, 0.1) is 5.92 Å². The third-order valence-electron chi connectivity index (χ3n) is 4.61. The fourth-order valence-electron chi connectivity index (χ4n) is 3.62. The monoisotopic (exact) mass is 268 g/mol. The van der Waals surface area contributed by atoms with Crippen LogP contribution < -0.4 is 5.32 Å². The molecule has 4 heteroatoms. The summed E-state index contributed by atoms with van der Waals surface area (Å²) in [6.07, 6.45) is 7.60. The third-order valence-corrected chi connectivity index (χ3v) is 4.61. The largest absolute Gasteiger partial charge is 0.393 e. The molecule has 2 fully saturated rings. The topological polar surface area (TPSA) is 52.6 Å². The van der Waals surface area contributed by atoms with Crippen molar-refractivity contribution >= 4 is 5.91 Å². The molecule has 0 bridgehead atoms. The van der Waals surface area contributed by atoms with Gasteiger partial charge in [-0.25, -0.2) is 0 Å². The molecule has 1 amide bonds. The van der Waals surface area contributed by atoms with Crippen LogP contribution in [0.1, 0.15) is 51.9 Å². The number of hydrogen-bond acceptors (Lipinski definition) is 3. The average molecular weight is 268 g/mol. The number of aliphatic hydroxyl groups is 1. The Morgan fingerprint density at radius 2 is 2.11 bits per heavy atom. The Morgan fingerprint density at radius 1 is 1.26 bits per heavy atom. The lowest BCUT2D eigenvalue weighted by molar-refractivity contribution is -0.123. The van der Waals surface area contributed by atoms with Crippen molar-refractivity contribution in [2.75, 3.05) is 19.6 Å². The molecule has 3 atom stereocenters. The average Bonchev–Trinajstić information content (AvgIpc) is 2.83. The first-order valence-corrected chi connectivity index (χ1v) is 7.91. The Morgan fingerprint density at radius 3 is 2.79 bits per heavy atom. The summed E-state index contributed by atoms with van der Waals surface area (Å²) in [5.41, 5.74) is 0. The van der Waals surface area contributed by atoms with Crippen LogP contribution in [0.25, 0.3) is 0 Å². The smallest absolute Gasteiger partial charge is 0.234 e. The fourth-order valence-corrected chi connectivity index (χ4v) is 3.62. The maximum Gasteiger partial charge on any atom is 0.234 e. The van der Waals surface area contributed by atoms with Crippen molar-refractivity contribution < 1.29 is 9.90 Å². The van der Waals surface area contributed by atoms with Gasteiger partial charge >= 0.3 is 0 Å². The summed E-state index contributed by atoms with van der Waals surface area (Å²) < 4.78 is 0. The van der Waals surface area contributed by atoms with Gasteiger partial charge in [0.15, 0.2) is 0 Å². The predicted molar refractivity (Wildman–Crippen MR) is 75.9 cm³/mol. The minimum absolute atomic E-state index is 0.140. The predicted octanol–water partition coefficient (Wildman–Crippen LogP) is 1.53. The number of amides is 1. The van der Waals surface area contributed by atoms with Gasteiger partial charge in [-0.3, -0.25) is 9.69 Å². The highest BCUT2D eigenvalue weighted by molar-refractivity contribution is 5.78. The van der Waals surface area contributed by atoms with Gasteiger partial charge in [-0.2, -0.15) is 0 Å². The standard InChI is InChI=1S/C15H28N2O2/c1-2-9-16-15(19)11-17-10-4-3-7-13(17)12-6-5-8-14(12)18/h12-14,18H,2-11H2,1H3,(H,16,19). The van der Waals surface area contributed by atoms with Crippen LogP contribution in [-0.4, -0.2) is 47.7 Å². The number of carbonyl (C=O) groups excluding carboxylic acids is 1. The first kappa shape index (κ1) is 14.8. The second kappa shape index (κ2) is 7.25. The number of nitrogens with one attached hydrogen (secondary N) is 1. The Labute approximate surface area is 116 Å². The number of rotatable bonds is 5. The molecule has 4 nitrogen and oxygen atoms in total. The van der Waals surface area contributed by atoms with E-state index in [-0.39, 0.29) is 12.0 Å². The van der Waals surface area contributed by atoms with E-state index in [2.05, 4.69) is 17.1 Å². The minimum atomic E-state index is -0.149. The van der Waals surface area contributed by atoms with Crippen molar-refractivity contribution in [3.05, 3.63) is 0 Å². The number of likely N-dealkylation sites (tertiary alicyclic amines) is 1. The van der Waals surface area contributed by atoms with Gasteiger partial charge in [0.2, 0.25) is 5.91 Å². The highest BCUT2D eigenvalue weighted by Gasteiger charge is 2.37. The van der Waals surface area contributed by atoms with Crippen LogP contribution in [-0.2, 0) is 4.79 Å². The second-order valence-electron chi connectivity index (χ2n) is 6.05. The summed E-state index contributed by atoms with van der Waals surface area (Å²) in [6, 6.07) is 0.415. The molecule has 110 valence electrons. The van der Waals surface area contributed by atoms with Crippen LogP contribution in [0.5, 0.6) is 0 Å². The molecular weight excluding hydrogens is 240 g/mol. The van der Waals surface area contributed by atoms with E-state index in [1.165, 1.54) is 12.8 Å². The molecule has 2 N–H and O–H groups in total. The summed E-state index contributed by atoms with van der Waals surface area (Å²) in [5.74, 6) is 0.528. The van der Waals surface area contributed by atoms with Crippen molar-refractivity contribution in [1.29, 1.82) is 0 Å². The zero-order chi connectivity index (χ0) is 13.7. The molecule has 0 spiro atoms. The molecule has 1 saturated heterocycles. The first-order valence-electron chi connectivity index (χ1n) is 7.91. The lowest BCUT2D eigenvalue weighted by Crippen LogP contribution is -2.50. The molecule has 0 aromatic carbocycles. The third kappa shape index (κ3) is 3.93. The molecule has 0 aromatic rings. The Hall–Kier alpha value is -0.610. The quantitative estimate of drug-likeness (QED) is 0.795. The van der Waals surface area contributed by atoms with E-state index in [1.54, 1.807) is 0 Å². The summed E-state index contributed by atoms with van der Waals surface area (Å²) in [7, 11) is 0. The molecule has 1 saturated carbocycles. The van der Waals surface area contributed by atoms with Gasteiger partial charge < -0.3 is 10.4 Å². The summed E-state index contributed by atoms with van der Waals surface area (Å²) in [4.78, 5) is 14.2. The number of piperidine rings is 1. The molecule has 1 aliphatic carbocycles. The van der Waals surface area contributed by atoms with E-state index >= 15 is 0 Å². The molecule has 3 unspecified atom stereocenters. The van der Waals surface area contributed by atoms with E-state index in [4.69, 9.17) is 0 Å². The van der Waals surface area contributed by atoms with Crippen molar-refractivity contribution in [2.24, 2.45) is 5.92 Å². The van der Waals surface area contributed by atoms with E-state index in [9.17, 15) is 9.90 Å². The summed E-state index contributed by atoms with van der Waals surface area (Å²) >= 11 is 0. The molecule has 2 rings (SSSR count). The van der Waals surface area contributed by atoms with Gasteiger partial charge in [-0.05, 0) is 38.6 Å². The molecule has 2 aliphatic rings. The normalized spacial score (nSPS) is 32.4. The maximum absolute atomic E-state index is 11.9. The highest BCUT2D eigenvalue weighted by atomic mass is 16.3. The van der Waals surface area contributed by atoms with Crippen LogP contribution in [0.3, 0.4) is 0 Å². The van der Waals surface area contributed by atoms with E-state index in [0.717, 1.165) is 45.2 Å². The number of nitrogens with zero attached hydrogens (tertiary/aromatic N) is 1. The number of carbonyl (C=O) groups is 1. The summed E-state index contributed by atoms with van der Waals surface area (Å²) in [6.45, 7) is 4.35. The minimum Gasteiger partial charge on any atom is -0.393 e. The SMILES string of the molecule is CCCNC(=O)CN1CCCCC1C1CCCC1O. The van der Waals surface area contributed by atoms with Gasteiger partial charge in [-0.15, -0.1) is 0 Å². The van der Waals surface area contributed by atoms with Gasteiger partial charge in [0.1, 0.15) is 0 Å². The van der Waals surface area contributed by atoms with Gasteiger partial charge in [-0.1, -0.05) is 19.8 Å². The van der Waals surface area contributed by atoms with E-state index < -0.39 is 0 Å². The number of hydrogen-bond donors (Lipinski definition) is 2. The Kier molecular flexibility index (Phi) is 5.64. The number of aliphatic hydroxyl groups excluding tert-OH is 1. The zero-order valence-electron chi connectivity index (χ0n) is 12.1. The molecule has 0 aromatic heterocycles. The van der Waals surface area contributed by atoms with Crippen molar-refractivity contribution in [1.82, 2.24) is 10.2 Å². The lowest BCUT2D eigenvalue weighted by atomic mass is 9.88. The molecule has 0 radical (unpaired) electrons. The van der Waals surface area contributed by atoms with E-state index in [0.29, 0.717) is 18.5 Å². The van der Waals surface area contributed by atoms with Crippen molar-refractivity contribution in [2.45, 2.75) is 64.0 Å². The molecule has 19 heavy (non-hydrogen) atoms. The van der Waals surface area contributed by atoms with Gasteiger partial charge in [0, 0.05) is 18.5 Å². The van der Waals surface area contributed by atoms with E-state index in [1.807, 2.05) is 0 Å². The van der Waals surface area contributed by atoms with Crippen LogP contribution >= 0.6 is 0 Å². The van der Waals surface area contributed by atoms with Gasteiger partial charge in [0.05, 0.1) is 12.6 Å². The van der Waals surface area contributed by atoms with Crippen LogP contribution in [0.15, 0.2) is 0 Å². The zero-order valence-corrected chi connectivity index (χ0v) is 12.1. The molecule has 1 heterocycles. The Bertz CT molecular complexity index is 296. The van der Waals surface area contributed by atoms with Crippen LogP contribution in [0.2, 0.25) is 0 Å². The Balaban J connectivity index is 1.90. The van der Waals surface area contributed by atoms with Crippen LogP contribution in [0.4, 0.5) is 0 Å². The highest BCUT2D eigenvalue weighted by Crippen LogP contribution is 2.34.